The van der Waals surface area contributed by atoms with Crippen LogP contribution in [0.25, 0.3) is 22.3 Å². The average Bonchev–Trinajstić information content (AvgIpc) is 3.73. The van der Waals surface area contributed by atoms with Gasteiger partial charge in [-0.1, -0.05) is 6.07 Å². The van der Waals surface area contributed by atoms with Crippen molar-refractivity contribution >= 4 is 52.1 Å². The quantitative estimate of drug-likeness (QED) is 0.140. The van der Waals surface area contributed by atoms with Gasteiger partial charge in [-0.15, -0.1) is 0 Å². The summed E-state index contributed by atoms with van der Waals surface area (Å²) < 4.78 is 32.1. The van der Waals surface area contributed by atoms with E-state index in [2.05, 4.69) is 45.7 Å². The van der Waals surface area contributed by atoms with Crippen molar-refractivity contribution in [1.29, 1.82) is 0 Å². The lowest BCUT2D eigenvalue weighted by Crippen LogP contribution is -2.54. The molecule has 322 valence electrons. The van der Waals surface area contributed by atoms with Gasteiger partial charge in [0.15, 0.2) is 11.6 Å². The minimum atomic E-state index is -0.984. The summed E-state index contributed by atoms with van der Waals surface area (Å²) in [6, 6.07) is 11.5. The van der Waals surface area contributed by atoms with Crippen molar-refractivity contribution in [3.8, 4) is 11.3 Å². The number of carbonyl (C=O) groups excluding carboxylic acids is 4. The average molecular weight is 846 g/mol. The van der Waals surface area contributed by atoms with Crippen molar-refractivity contribution in [2.75, 3.05) is 42.9 Å². The van der Waals surface area contributed by atoms with Gasteiger partial charge in [-0.2, -0.15) is 0 Å². The molecule has 4 amide bonds. The Morgan fingerprint density at radius 3 is 2.44 bits per heavy atom. The SMILES string of the molecule is Cc1nc2c(F)cc(-c3nc(Nc4ccc(CN5CCC(CN[C@H]6CCCN(c7ccc8c(c7)C(=O)N(C7CCC(=O)NC7=O)C8=O)C6)CC5)cn4)ncc3F)cc2n1C(C)C. The van der Waals surface area contributed by atoms with E-state index in [1.165, 1.54) is 6.07 Å². The largest absolute Gasteiger partial charge is 0.370 e. The van der Waals surface area contributed by atoms with E-state index in [9.17, 15) is 19.2 Å². The molecule has 2 aromatic carbocycles. The molecule has 3 fully saturated rings. The second-order valence-electron chi connectivity index (χ2n) is 17.1. The summed E-state index contributed by atoms with van der Waals surface area (Å²) in [4.78, 5) is 73.9. The van der Waals surface area contributed by atoms with Crippen molar-refractivity contribution in [2.45, 2.75) is 84.0 Å². The molecule has 2 atom stereocenters. The number of pyridine rings is 1. The van der Waals surface area contributed by atoms with E-state index in [4.69, 9.17) is 0 Å². The molecule has 3 saturated heterocycles. The zero-order valence-electron chi connectivity index (χ0n) is 35.0. The third-order valence-electron chi connectivity index (χ3n) is 12.5. The Labute approximate surface area is 357 Å². The maximum Gasteiger partial charge on any atom is 0.262 e. The van der Waals surface area contributed by atoms with E-state index < -0.39 is 41.3 Å². The summed E-state index contributed by atoms with van der Waals surface area (Å²) in [6.07, 6.45) is 7.28. The lowest BCUT2D eigenvalue weighted by atomic mass is 9.95. The molecule has 0 aliphatic carbocycles. The molecule has 17 heteroatoms. The van der Waals surface area contributed by atoms with Crippen LogP contribution in [-0.4, -0.2) is 103 Å². The number of aromatic nitrogens is 5. The van der Waals surface area contributed by atoms with Gasteiger partial charge in [-0.25, -0.2) is 28.7 Å². The summed E-state index contributed by atoms with van der Waals surface area (Å²) in [5.41, 5.74) is 3.60. The van der Waals surface area contributed by atoms with E-state index in [1.807, 2.05) is 49.7 Å². The molecule has 0 bridgehead atoms. The number of amides is 4. The van der Waals surface area contributed by atoms with Gasteiger partial charge in [0, 0.05) is 55.6 Å². The Kier molecular flexibility index (Phi) is 11.2. The van der Waals surface area contributed by atoms with Crippen molar-refractivity contribution in [3.05, 3.63) is 89.0 Å². The Balaban J connectivity index is 0.749. The zero-order valence-corrected chi connectivity index (χ0v) is 35.0. The number of hydrogen-bond donors (Lipinski definition) is 3. The number of imidazole rings is 1. The van der Waals surface area contributed by atoms with Crippen LogP contribution in [0.5, 0.6) is 0 Å². The number of nitrogens with zero attached hydrogens (tertiary/aromatic N) is 8. The number of aryl methyl sites for hydroxylation is 1. The third-order valence-corrected chi connectivity index (χ3v) is 12.5. The number of benzene rings is 2. The standard InChI is InChI=1S/C45H49F2N11O4/c1-25(2)57-26(3)51-41-34(46)17-29(18-37(41)57)40-35(47)22-50-45(54-40)52-38-10-6-28(21-49-38)23-55-15-12-27(13-16-55)20-48-30-5-4-14-56(24-30)31-7-8-32-33(19-31)44(62)58(43(32)61)36-9-11-39(59)53-42(36)60/h6-8,10,17-19,21-22,25,27,30,36,48H,4-5,9,11-16,20,23-24H2,1-3H3,(H,53,59,60)(H,49,50,52,54)/t30-,36?/m0/s1. The molecule has 15 nitrogen and oxygen atoms in total. The highest BCUT2D eigenvalue weighted by Gasteiger charge is 2.45. The number of imide groups is 2. The molecule has 0 radical (unpaired) electrons. The van der Waals surface area contributed by atoms with Gasteiger partial charge in [0.1, 0.15) is 28.9 Å². The molecule has 3 aromatic heterocycles. The molecule has 4 aliphatic heterocycles. The summed E-state index contributed by atoms with van der Waals surface area (Å²) in [6.45, 7) is 11.0. The number of carbonyl (C=O) groups is 4. The van der Waals surface area contributed by atoms with Gasteiger partial charge in [0.25, 0.3) is 11.8 Å². The third kappa shape index (κ3) is 8.13. The molecule has 4 aliphatic rings. The zero-order chi connectivity index (χ0) is 43.2. The van der Waals surface area contributed by atoms with Gasteiger partial charge in [-0.3, -0.25) is 34.3 Å². The summed E-state index contributed by atoms with van der Waals surface area (Å²) in [7, 11) is 0. The maximum atomic E-state index is 15.2. The van der Waals surface area contributed by atoms with Gasteiger partial charge >= 0.3 is 0 Å². The van der Waals surface area contributed by atoms with E-state index >= 15 is 8.78 Å². The van der Waals surface area contributed by atoms with E-state index in [-0.39, 0.29) is 53.2 Å². The van der Waals surface area contributed by atoms with Crippen LogP contribution < -0.4 is 20.9 Å². The molecule has 0 spiro atoms. The summed E-state index contributed by atoms with van der Waals surface area (Å²) in [5.74, 6) is -1.34. The first-order valence-electron chi connectivity index (χ1n) is 21.4. The van der Waals surface area contributed by atoms with Crippen molar-refractivity contribution in [3.63, 3.8) is 0 Å². The number of rotatable bonds is 11. The highest BCUT2D eigenvalue weighted by molar-refractivity contribution is 6.23. The number of nitrogens with one attached hydrogen (secondary N) is 3. The van der Waals surface area contributed by atoms with Crippen LogP contribution in [0.4, 0.5) is 26.2 Å². The lowest BCUT2D eigenvalue weighted by Gasteiger charge is -2.37. The van der Waals surface area contributed by atoms with E-state index in [0.717, 1.165) is 87.3 Å². The number of halogens is 2. The maximum absolute atomic E-state index is 15.2. The Bertz CT molecular complexity index is 2570. The highest BCUT2D eigenvalue weighted by Crippen LogP contribution is 2.33. The normalized spacial score (nSPS) is 20.1. The Hall–Kier alpha value is -6.20. The fraction of sp³-hybridized carbons (Fsp3) is 0.422. The minimum Gasteiger partial charge on any atom is -0.370 e. The van der Waals surface area contributed by atoms with Gasteiger partial charge in [0.2, 0.25) is 17.8 Å². The first kappa shape index (κ1) is 41.2. The molecule has 5 aromatic rings. The Morgan fingerprint density at radius 1 is 0.871 bits per heavy atom. The predicted molar refractivity (Wildman–Crippen MR) is 228 cm³/mol. The van der Waals surface area contributed by atoms with Crippen LogP contribution in [0.1, 0.15) is 90.5 Å². The number of fused-ring (bicyclic) bond motifs is 2. The molecule has 7 heterocycles. The molecular formula is C45H49F2N11O4. The second kappa shape index (κ2) is 16.9. The molecule has 62 heavy (non-hydrogen) atoms. The smallest absolute Gasteiger partial charge is 0.262 e. The van der Waals surface area contributed by atoms with Gasteiger partial charge in [-0.05, 0) is 120 Å². The predicted octanol–water partition coefficient (Wildman–Crippen LogP) is 5.67. The first-order valence-corrected chi connectivity index (χ1v) is 21.4. The highest BCUT2D eigenvalue weighted by atomic mass is 19.1. The van der Waals surface area contributed by atoms with Crippen molar-refractivity contribution < 1.29 is 28.0 Å². The second-order valence-corrected chi connectivity index (χ2v) is 17.1. The van der Waals surface area contributed by atoms with E-state index in [0.29, 0.717) is 28.6 Å². The van der Waals surface area contributed by atoms with Crippen LogP contribution in [0.3, 0.4) is 0 Å². The minimum absolute atomic E-state index is 0.0236. The Morgan fingerprint density at radius 2 is 1.68 bits per heavy atom. The molecule has 0 saturated carbocycles. The molecule has 3 N–H and O–H groups in total. The number of likely N-dealkylation sites (tertiary alicyclic amines) is 1. The van der Waals surface area contributed by atoms with Gasteiger partial charge in [0.05, 0.1) is 22.8 Å². The van der Waals surface area contributed by atoms with Crippen molar-refractivity contribution in [1.82, 2.24) is 44.9 Å². The number of anilines is 3. The fourth-order valence-corrected chi connectivity index (χ4v) is 9.37. The lowest BCUT2D eigenvalue weighted by molar-refractivity contribution is -0.136. The van der Waals surface area contributed by atoms with E-state index in [1.54, 1.807) is 18.2 Å². The van der Waals surface area contributed by atoms with Crippen LogP contribution in [-0.2, 0) is 16.1 Å². The summed E-state index contributed by atoms with van der Waals surface area (Å²) >= 11 is 0. The van der Waals surface area contributed by atoms with Crippen LogP contribution in [0.15, 0.2) is 54.9 Å². The molecule has 9 rings (SSSR count). The molecular weight excluding hydrogens is 797 g/mol. The monoisotopic (exact) mass is 845 g/mol. The topological polar surface area (TPSA) is 171 Å². The molecule has 1 unspecified atom stereocenters. The van der Waals surface area contributed by atoms with Crippen LogP contribution in [0, 0.1) is 24.5 Å². The number of piperidine rings is 3. The summed E-state index contributed by atoms with van der Waals surface area (Å²) in [5, 5.41) is 9.12. The van der Waals surface area contributed by atoms with Crippen LogP contribution in [0.2, 0.25) is 0 Å². The van der Waals surface area contributed by atoms with Crippen molar-refractivity contribution in [2.24, 2.45) is 5.92 Å². The first-order chi connectivity index (χ1) is 29.9. The number of hydrogen-bond acceptors (Lipinski definition) is 12. The van der Waals surface area contributed by atoms with Crippen LogP contribution >= 0.6 is 0 Å². The fourth-order valence-electron chi connectivity index (χ4n) is 9.37. The van der Waals surface area contributed by atoms with Gasteiger partial charge < -0.3 is 20.1 Å².